The molecule has 3 rings (SSSR count). The van der Waals surface area contributed by atoms with Crippen molar-refractivity contribution in [2.45, 2.75) is 11.8 Å². The van der Waals surface area contributed by atoms with E-state index in [1.54, 1.807) is 38.3 Å². The van der Waals surface area contributed by atoms with Gasteiger partial charge in [-0.15, -0.1) is 0 Å². The summed E-state index contributed by atoms with van der Waals surface area (Å²) in [5.74, 6) is 0.473. The quantitative estimate of drug-likeness (QED) is 0.457. The summed E-state index contributed by atoms with van der Waals surface area (Å²) in [7, 11) is -1.94. The van der Waals surface area contributed by atoms with Crippen LogP contribution in [0, 0.1) is 0 Å². The Bertz CT molecular complexity index is 1050. The lowest BCUT2D eigenvalue weighted by molar-refractivity contribution is -0.122. The van der Waals surface area contributed by atoms with Crippen LogP contribution in [-0.4, -0.2) is 69.1 Å². The number of carbonyl (C=O) groups excluding carboxylic acids is 1. The van der Waals surface area contributed by atoms with E-state index in [-0.39, 0.29) is 17.3 Å². The van der Waals surface area contributed by atoms with Crippen LogP contribution in [0.5, 0.6) is 5.75 Å². The fourth-order valence-corrected chi connectivity index (χ4v) is 4.87. The van der Waals surface area contributed by atoms with Gasteiger partial charge in [-0.2, -0.15) is 9.41 Å². The van der Waals surface area contributed by atoms with Crippen molar-refractivity contribution in [3.05, 3.63) is 58.6 Å². The van der Waals surface area contributed by atoms with Crippen LogP contribution in [0.2, 0.25) is 0 Å². The first-order valence-electron chi connectivity index (χ1n) is 9.75. The summed E-state index contributed by atoms with van der Waals surface area (Å²) in [4.78, 5) is 14.5. The Hall–Kier alpha value is -2.27. The number of sulfonamides is 1. The molecule has 1 aliphatic rings. The van der Waals surface area contributed by atoms with Crippen molar-refractivity contribution in [3.8, 4) is 5.75 Å². The fourth-order valence-electron chi connectivity index (χ4n) is 3.18. The number of piperazine rings is 1. The topological polar surface area (TPSA) is 91.3 Å². The van der Waals surface area contributed by atoms with E-state index in [0.717, 1.165) is 10.0 Å². The van der Waals surface area contributed by atoms with Crippen LogP contribution in [-0.2, 0) is 14.8 Å². The molecule has 0 aliphatic carbocycles. The summed E-state index contributed by atoms with van der Waals surface area (Å²) in [5, 5.41) is 4.16. The normalized spacial score (nSPS) is 16.2. The number of halogens is 1. The predicted molar refractivity (Wildman–Crippen MR) is 123 cm³/mol. The minimum atomic E-state index is -3.54. The number of nitrogens with zero attached hydrogens (tertiary/aromatic N) is 3. The Morgan fingerprint density at radius 2 is 1.81 bits per heavy atom. The number of carbonyl (C=O) groups is 1. The second-order valence-electron chi connectivity index (χ2n) is 7.10. The summed E-state index contributed by atoms with van der Waals surface area (Å²) in [6, 6.07) is 14.0. The second kappa shape index (κ2) is 10.4. The first kappa shape index (κ1) is 23.4. The zero-order valence-electron chi connectivity index (χ0n) is 17.4. The molecule has 1 N–H and O–H groups in total. The van der Waals surface area contributed by atoms with E-state index in [9.17, 15) is 13.2 Å². The van der Waals surface area contributed by atoms with E-state index in [0.29, 0.717) is 37.6 Å². The molecule has 0 bridgehead atoms. The molecule has 0 aromatic heterocycles. The molecule has 2 aromatic rings. The van der Waals surface area contributed by atoms with Crippen molar-refractivity contribution < 1.29 is 17.9 Å². The Kier molecular flexibility index (Phi) is 7.82. The number of hydrazone groups is 1. The zero-order valence-corrected chi connectivity index (χ0v) is 19.8. The minimum absolute atomic E-state index is 0.154. The summed E-state index contributed by atoms with van der Waals surface area (Å²) >= 11 is 3.31. The lowest BCUT2D eigenvalue weighted by Gasteiger charge is -2.33. The van der Waals surface area contributed by atoms with Crippen LogP contribution in [0.15, 0.2) is 63.0 Å². The summed E-state index contributed by atoms with van der Waals surface area (Å²) in [6.45, 7) is 3.57. The highest BCUT2D eigenvalue weighted by Gasteiger charge is 2.29. The van der Waals surface area contributed by atoms with Crippen molar-refractivity contribution in [1.82, 2.24) is 14.6 Å². The molecule has 1 heterocycles. The second-order valence-corrected chi connectivity index (χ2v) is 9.95. The first-order chi connectivity index (χ1) is 14.8. The maximum atomic E-state index is 12.8. The van der Waals surface area contributed by atoms with Crippen LogP contribution >= 0.6 is 15.9 Å². The third-order valence-corrected chi connectivity index (χ3v) is 7.43. The molecule has 2 aromatic carbocycles. The monoisotopic (exact) mass is 508 g/mol. The average molecular weight is 509 g/mol. The number of benzene rings is 2. The SMILES string of the molecule is COc1cccc(C(C)=NNC(=O)CN2CCN(S(=O)(=O)c3ccc(Br)cc3)CC2)c1. The molecule has 0 spiro atoms. The highest BCUT2D eigenvalue weighted by atomic mass is 79.9. The van der Waals surface area contributed by atoms with E-state index >= 15 is 0 Å². The lowest BCUT2D eigenvalue weighted by atomic mass is 10.1. The summed E-state index contributed by atoms with van der Waals surface area (Å²) in [6.07, 6.45) is 0. The van der Waals surface area contributed by atoms with E-state index in [1.165, 1.54) is 4.31 Å². The smallest absolute Gasteiger partial charge is 0.254 e. The number of rotatable bonds is 7. The molecule has 8 nitrogen and oxygen atoms in total. The molecule has 1 aliphatic heterocycles. The number of methoxy groups -OCH3 is 1. The number of ether oxygens (including phenoxy) is 1. The van der Waals surface area contributed by atoms with Gasteiger partial charge in [-0.3, -0.25) is 9.69 Å². The average Bonchev–Trinajstić information content (AvgIpc) is 2.78. The highest BCUT2D eigenvalue weighted by molar-refractivity contribution is 9.10. The molecular formula is C21H25BrN4O4S. The van der Waals surface area contributed by atoms with Crippen molar-refractivity contribution in [2.24, 2.45) is 5.10 Å². The van der Waals surface area contributed by atoms with Gasteiger partial charge in [0.25, 0.3) is 5.91 Å². The molecule has 10 heteroatoms. The van der Waals surface area contributed by atoms with Gasteiger partial charge in [0, 0.05) is 36.2 Å². The van der Waals surface area contributed by atoms with Gasteiger partial charge in [-0.25, -0.2) is 13.8 Å². The maximum absolute atomic E-state index is 12.8. The standard InChI is InChI=1S/C21H25BrN4O4S/c1-16(17-4-3-5-19(14-17)30-2)23-24-21(27)15-25-10-12-26(13-11-25)31(28,29)20-8-6-18(22)7-9-20/h3-9,14H,10-13,15H2,1-2H3,(H,24,27). The Labute approximate surface area is 191 Å². The van der Waals surface area contributed by atoms with Gasteiger partial charge in [0.15, 0.2) is 0 Å². The molecule has 1 saturated heterocycles. The van der Waals surface area contributed by atoms with Crippen LogP contribution in [0.3, 0.4) is 0 Å². The van der Waals surface area contributed by atoms with Gasteiger partial charge >= 0.3 is 0 Å². The molecule has 0 unspecified atom stereocenters. The third-order valence-electron chi connectivity index (χ3n) is 4.99. The Balaban J connectivity index is 1.51. The van der Waals surface area contributed by atoms with Gasteiger partial charge in [-0.1, -0.05) is 28.1 Å². The summed E-state index contributed by atoms with van der Waals surface area (Å²) < 4.78 is 33.0. The molecule has 1 amide bonds. The maximum Gasteiger partial charge on any atom is 0.254 e. The van der Waals surface area contributed by atoms with E-state index in [1.807, 2.05) is 29.2 Å². The van der Waals surface area contributed by atoms with Gasteiger partial charge < -0.3 is 4.74 Å². The molecule has 166 valence electrons. The third kappa shape index (κ3) is 6.13. The molecule has 0 radical (unpaired) electrons. The van der Waals surface area contributed by atoms with Crippen LogP contribution in [0.4, 0.5) is 0 Å². The van der Waals surface area contributed by atoms with Gasteiger partial charge in [0.2, 0.25) is 10.0 Å². The van der Waals surface area contributed by atoms with Gasteiger partial charge in [-0.05, 0) is 43.3 Å². The van der Waals surface area contributed by atoms with Crippen LogP contribution < -0.4 is 10.2 Å². The van der Waals surface area contributed by atoms with Crippen LogP contribution in [0.25, 0.3) is 0 Å². The van der Waals surface area contributed by atoms with E-state index in [4.69, 9.17) is 4.74 Å². The predicted octanol–water partition coefficient (Wildman–Crippen LogP) is 2.30. The number of hydrogen-bond acceptors (Lipinski definition) is 6. The van der Waals surface area contributed by atoms with Crippen molar-refractivity contribution in [1.29, 1.82) is 0 Å². The molecule has 31 heavy (non-hydrogen) atoms. The lowest BCUT2D eigenvalue weighted by Crippen LogP contribution is -2.50. The molecule has 0 atom stereocenters. The Morgan fingerprint density at radius 3 is 2.45 bits per heavy atom. The van der Waals surface area contributed by atoms with E-state index < -0.39 is 10.0 Å². The van der Waals surface area contributed by atoms with Crippen molar-refractivity contribution >= 4 is 37.6 Å². The summed E-state index contributed by atoms with van der Waals surface area (Å²) in [5.41, 5.74) is 4.09. The minimum Gasteiger partial charge on any atom is -0.497 e. The number of amides is 1. The van der Waals surface area contributed by atoms with Gasteiger partial charge in [0.1, 0.15) is 5.75 Å². The fraction of sp³-hybridized carbons (Fsp3) is 0.333. The molecule has 1 fully saturated rings. The Morgan fingerprint density at radius 1 is 1.13 bits per heavy atom. The molecular weight excluding hydrogens is 484 g/mol. The largest absolute Gasteiger partial charge is 0.497 e. The first-order valence-corrected chi connectivity index (χ1v) is 12.0. The van der Waals surface area contributed by atoms with Crippen LogP contribution in [0.1, 0.15) is 12.5 Å². The highest BCUT2D eigenvalue weighted by Crippen LogP contribution is 2.20. The van der Waals surface area contributed by atoms with Crippen molar-refractivity contribution in [2.75, 3.05) is 39.8 Å². The number of nitrogens with one attached hydrogen (secondary N) is 1. The van der Waals surface area contributed by atoms with Crippen molar-refractivity contribution in [3.63, 3.8) is 0 Å². The number of hydrogen-bond donors (Lipinski definition) is 1. The van der Waals surface area contributed by atoms with Gasteiger partial charge in [0.05, 0.1) is 24.3 Å². The zero-order chi connectivity index (χ0) is 22.4. The molecule has 0 saturated carbocycles. The van der Waals surface area contributed by atoms with E-state index in [2.05, 4.69) is 26.5 Å².